The molecule has 0 spiro atoms. The highest BCUT2D eigenvalue weighted by atomic mass is 35.5. The number of anilines is 1. The minimum Gasteiger partial charge on any atom is -0.384 e. The number of rotatable bonds is 5. The van der Waals surface area contributed by atoms with Gasteiger partial charge in [0.25, 0.3) is 15.6 Å². The van der Waals surface area contributed by atoms with Gasteiger partial charge in [0.15, 0.2) is 0 Å². The Morgan fingerprint density at radius 3 is 2.60 bits per heavy atom. The van der Waals surface area contributed by atoms with E-state index >= 15 is 0 Å². The molecule has 0 saturated carbocycles. The first-order valence-electron chi connectivity index (χ1n) is 9.66. The summed E-state index contributed by atoms with van der Waals surface area (Å²) in [6.07, 6.45) is 1.17. The number of nitrogens with two attached hydrogens (primary N) is 1. The van der Waals surface area contributed by atoms with Crippen molar-refractivity contribution >= 4 is 61.4 Å². The van der Waals surface area contributed by atoms with Crippen LogP contribution in [0.4, 0.5) is 10.5 Å². The number of nitrogens with zero attached hydrogens (tertiary/aromatic N) is 3. The molecule has 4 rings (SSSR count). The predicted molar refractivity (Wildman–Crippen MR) is 133 cm³/mol. The number of aromatic amines is 1. The Morgan fingerprint density at radius 1 is 1.20 bits per heavy atom. The lowest BCUT2D eigenvalue weighted by Crippen LogP contribution is -2.35. The molecule has 0 aliphatic carbocycles. The average molecular weight is 534 g/mol. The van der Waals surface area contributed by atoms with Gasteiger partial charge in [-0.15, -0.1) is 11.3 Å². The molecule has 0 unspecified atom stereocenters. The molecule has 12 nitrogen and oxygen atoms in total. The van der Waals surface area contributed by atoms with E-state index in [0.29, 0.717) is 5.56 Å². The van der Waals surface area contributed by atoms with Gasteiger partial charge in [-0.1, -0.05) is 17.7 Å². The Balaban J connectivity index is 1.57. The Morgan fingerprint density at radius 2 is 1.97 bits per heavy atom. The van der Waals surface area contributed by atoms with Gasteiger partial charge >= 0.3 is 11.7 Å². The van der Waals surface area contributed by atoms with Crippen LogP contribution in [0, 0.1) is 0 Å². The van der Waals surface area contributed by atoms with Crippen LogP contribution in [0.1, 0.15) is 5.56 Å². The second kappa shape index (κ2) is 9.32. The first kappa shape index (κ1) is 24.1. The van der Waals surface area contributed by atoms with Gasteiger partial charge in [-0.2, -0.15) is 0 Å². The van der Waals surface area contributed by atoms with Crippen molar-refractivity contribution in [2.24, 2.45) is 10.7 Å². The number of carbonyl (C=O) groups excluding carboxylic acids is 1. The second-order valence-electron chi connectivity index (χ2n) is 6.96. The lowest BCUT2D eigenvalue weighted by Gasteiger charge is -2.09. The number of nitrogens with one attached hydrogen (secondary N) is 3. The van der Waals surface area contributed by atoms with E-state index in [9.17, 15) is 22.8 Å². The number of pyridine rings is 1. The summed E-state index contributed by atoms with van der Waals surface area (Å²) in [7, 11) is -2.59. The van der Waals surface area contributed by atoms with Crippen LogP contribution in [0.3, 0.4) is 0 Å². The van der Waals surface area contributed by atoms with Gasteiger partial charge in [0.1, 0.15) is 15.9 Å². The van der Waals surface area contributed by atoms with Gasteiger partial charge in [0, 0.05) is 12.6 Å². The van der Waals surface area contributed by atoms with E-state index < -0.39 is 27.3 Å². The van der Waals surface area contributed by atoms with Crippen LogP contribution in [0.2, 0.25) is 4.34 Å². The number of carbonyl (C=O) groups is 1. The topological polar surface area (TPSA) is 181 Å². The lowest BCUT2D eigenvalue weighted by molar-refractivity contribution is 0.256. The first-order chi connectivity index (χ1) is 16.6. The molecule has 0 saturated heterocycles. The molecule has 4 aromatic rings. The number of sulfonamides is 1. The van der Waals surface area contributed by atoms with Crippen molar-refractivity contribution in [3.8, 4) is 5.82 Å². The van der Waals surface area contributed by atoms with Crippen molar-refractivity contribution in [3.05, 3.63) is 79.4 Å². The predicted octanol–water partition coefficient (Wildman–Crippen LogP) is 1.63. The molecule has 3 aromatic heterocycles. The highest BCUT2D eigenvalue weighted by Gasteiger charge is 2.20. The minimum atomic E-state index is -4.11. The Bertz CT molecular complexity index is 1710. The summed E-state index contributed by atoms with van der Waals surface area (Å²) in [5.41, 5.74) is 5.38. The van der Waals surface area contributed by atoms with Crippen molar-refractivity contribution in [2.45, 2.75) is 4.21 Å². The molecule has 0 bridgehead atoms. The van der Waals surface area contributed by atoms with Crippen LogP contribution in [0.25, 0.3) is 16.7 Å². The maximum Gasteiger partial charge on any atom is 0.334 e. The zero-order valence-electron chi connectivity index (χ0n) is 17.8. The number of benzene rings is 1. The summed E-state index contributed by atoms with van der Waals surface area (Å²) in [4.78, 5) is 48.2. The van der Waals surface area contributed by atoms with Crippen molar-refractivity contribution in [1.29, 1.82) is 0 Å². The van der Waals surface area contributed by atoms with Gasteiger partial charge < -0.3 is 16.0 Å². The molecular weight excluding hydrogens is 518 g/mol. The summed E-state index contributed by atoms with van der Waals surface area (Å²) < 4.78 is 27.2. The van der Waals surface area contributed by atoms with Crippen LogP contribution in [0.15, 0.2) is 67.5 Å². The average Bonchev–Trinajstić information content (AvgIpc) is 3.26. The van der Waals surface area contributed by atoms with Crippen LogP contribution in [0.5, 0.6) is 0 Å². The molecule has 5 N–H and O–H groups in total. The number of aliphatic imine (C=N–C) groups is 1. The molecule has 15 heteroatoms. The van der Waals surface area contributed by atoms with Gasteiger partial charge in [0.2, 0.25) is 0 Å². The van der Waals surface area contributed by atoms with E-state index in [1.807, 2.05) is 4.72 Å². The molecule has 35 heavy (non-hydrogen) atoms. The van der Waals surface area contributed by atoms with E-state index in [0.717, 1.165) is 15.9 Å². The van der Waals surface area contributed by atoms with Gasteiger partial charge in [-0.3, -0.25) is 9.79 Å². The van der Waals surface area contributed by atoms with Crippen LogP contribution in [-0.4, -0.2) is 41.9 Å². The third-order valence-corrected chi connectivity index (χ3v) is 7.76. The highest BCUT2D eigenvalue weighted by Crippen LogP contribution is 2.25. The normalized spacial score (nSPS) is 12.0. The molecule has 180 valence electrons. The summed E-state index contributed by atoms with van der Waals surface area (Å²) in [5, 5.41) is 2.54. The van der Waals surface area contributed by atoms with Crippen molar-refractivity contribution in [3.63, 3.8) is 0 Å². The second-order valence-corrected chi connectivity index (χ2v) is 10.6. The fourth-order valence-electron chi connectivity index (χ4n) is 3.08. The molecule has 0 fully saturated rings. The maximum absolute atomic E-state index is 12.9. The fourth-order valence-corrected chi connectivity index (χ4v) is 5.47. The van der Waals surface area contributed by atoms with E-state index in [4.69, 9.17) is 17.3 Å². The van der Waals surface area contributed by atoms with E-state index in [2.05, 4.69) is 20.3 Å². The number of halogens is 1. The van der Waals surface area contributed by atoms with E-state index in [1.54, 1.807) is 12.1 Å². The minimum absolute atomic E-state index is 0.0105. The smallest absolute Gasteiger partial charge is 0.334 e. The molecule has 0 atom stereocenters. The maximum atomic E-state index is 12.9. The first-order valence-corrected chi connectivity index (χ1v) is 12.3. The van der Waals surface area contributed by atoms with Gasteiger partial charge in [-0.25, -0.2) is 32.3 Å². The number of H-pyrrole nitrogens is 1. The number of urea groups is 1. The van der Waals surface area contributed by atoms with Gasteiger partial charge in [0.05, 0.1) is 27.1 Å². The lowest BCUT2D eigenvalue weighted by atomic mass is 10.1. The Kier molecular flexibility index (Phi) is 6.43. The zero-order valence-corrected chi connectivity index (χ0v) is 20.2. The number of fused-ring (bicyclic) bond motifs is 1. The van der Waals surface area contributed by atoms with Crippen molar-refractivity contribution in [2.75, 3.05) is 12.4 Å². The van der Waals surface area contributed by atoms with E-state index in [-0.39, 0.29) is 36.8 Å². The molecule has 2 amide bonds. The molecule has 0 aliphatic heterocycles. The highest BCUT2D eigenvalue weighted by molar-refractivity contribution is 7.92. The number of thiophene rings is 1. The van der Waals surface area contributed by atoms with Gasteiger partial charge in [-0.05, 0) is 36.4 Å². The van der Waals surface area contributed by atoms with Crippen LogP contribution < -0.4 is 27.0 Å². The van der Waals surface area contributed by atoms with Crippen LogP contribution in [-0.2, 0) is 10.0 Å². The third-order valence-electron chi connectivity index (χ3n) is 4.71. The Hall–Kier alpha value is -4.01. The zero-order chi connectivity index (χ0) is 25.3. The number of aromatic nitrogens is 3. The largest absolute Gasteiger partial charge is 0.384 e. The molecule has 0 aliphatic rings. The number of hydrogen-bond acceptors (Lipinski definition) is 8. The molecule has 0 radical (unpaired) electrons. The fraction of sp³-hybridized carbons (Fsp3) is 0.0500. The van der Waals surface area contributed by atoms with Crippen LogP contribution >= 0.6 is 22.9 Å². The van der Waals surface area contributed by atoms with E-state index in [1.165, 1.54) is 43.6 Å². The standard InChI is InChI=1S/C20H16ClN7O5S2/c1-23-17(22)10-2-4-12-13(8-10)26-20(31)28(18(12)29)15-6-3-11(9-24-15)25-19(30)27-35(32,33)16-7-5-14(21)34-16/h2-9H,1H3,(H2,22,23)(H,26,31)(H2,25,27,30). The quantitative estimate of drug-likeness (QED) is 0.222. The number of amidine groups is 1. The third kappa shape index (κ3) is 4.94. The summed E-state index contributed by atoms with van der Waals surface area (Å²) in [5.74, 6) is 0.237. The SMILES string of the molecule is CN=C(N)c1ccc2c(=O)n(-c3ccc(NC(=O)NS(=O)(=O)c4ccc(Cl)s4)cn3)c(=O)[nH]c2c1. The van der Waals surface area contributed by atoms with Crippen molar-refractivity contribution in [1.82, 2.24) is 19.3 Å². The van der Waals surface area contributed by atoms with Crippen molar-refractivity contribution < 1.29 is 13.2 Å². The number of amides is 2. The Labute approximate surface area is 206 Å². The molecule has 3 heterocycles. The molecule has 1 aromatic carbocycles. The summed E-state index contributed by atoms with van der Waals surface area (Å²) in [6, 6.07) is 8.97. The summed E-state index contributed by atoms with van der Waals surface area (Å²) in [6.45, 7) is 0. The monoisotopic (exact) mass is 533 g/mol. The molecular formula is C20H16ClN7O5S2. The number of hydrogen-bond donors (Lipinski definition) is 4. The summed E-state index contributed by atoms with van der Waals surface area (Å²) >= 11 is 6.53.